The second-order valence-corrected chi connectivity index (χ2v) is 14.2. The van der Waals surface area contributed by atoms with Gasteiger partial charge in [0.2, 0.25) is 0 Å². The molecule has 0 unspecified atom stereocenters. The molecule has 0 aliphatic carbocycles. The summed E-state index contributed by atoms with van der Waals surface area (Å²) in [6, 6.07) is 10.2. The van der Waals surface area contributed by atoms with Crippen LogP contribution in [0.2, 0.25) is 5.02 Å². The predicted octanol–water partition coefficient (Wildman–Crippen LogP) is 11.2. The first-order valence-electron chi connectivity index (χ1n) is 13.9. The lowest BCUT2D eigenvalue weighted by Gasteiger charge is -2.22. The highest BCUT2D eigenvalue weighted by molar-refractivity contribution is 7.53. The molecule has 0 aliphatic heterocycles. The Kier molecular flexibility index (Phi) is 12.6. The molecule has 0 saturated heterocycles. The molecule has 0 aliphatic rings. The maximum atomic E-state index is 13.5. The first-order chi connectivity index (χ1) is 21.0. The molecule has 0 aromatic heterocycles. The summed E-state index contributed by atoms with van der Waals surface area (Å²) in [5.74, 6) is 0. The van der Waals surface area contributed by atoms with Crippen LogP contribution in [-0.4, -0.2) is 26.4 Å². The number of rotatable bonds is 14. The Morgan fingerprint density at radius 2 is 0.956 bits per heavy atom. The third-order valence-electron chi connectivity index (χ3n) is 6.44. The second-order valence-electron chi connectivity index (χ2n) is 9.68. The van der Waals surface area contributed by atoms with Gasteiger partial charge in [0.05, 0.1) is 49.9 Å². The first kappa shape index (κ1) is 37.3. The Bertz CT molecular complexity index is 1510. The van der Waals surface area contributed by atoms with E-state index in [9.17, 15) is 35.5 Å². The van der Waals surface area contributed by atoms with Crippen molar-refractivity contribution in [1.29, 1.82) is 0 Å². The zero-order valence-electron chi connectivity index (χ0n) is 24.9. The van der Waals surface area contributed by atoms with Gasteiger partial charge in [0.25, 0.3) is 0 Å². The van der Waals surface area contributed by atoms with Crippen molar-refractivity contribution in [1.82, 2.24) is 0 Å². The summed E-state index contributed by atoms with van der Waals surface area (Å²) in [6.45, 7) is 7.04. The molecule has 0 fully saturated rings. The van der Waals surface area contributed by atoms with E-state index in [1.165, 1.54) is 30.3 Å². The van der Waals surface area contributed by atoms with Gasteiger partial charge in [0.1, 0.15) is 0 Å². The lowest BCUT2D eigenvalue weighted by molar-refractivity contribution is -0.143. The van der Waals surface area contributed by atoms with E-state index in [1.54, 1.807) is 33.8 Å². The van der Waals surface area contributed by atoms with Crippen molar-refractivity contribution in [2.24, 2.45) is 0 Å². The van der Waals surface area contributed by atoms with E-state index in [0.29, 0.717) is 34.4 Å². The summed E-state index contributed by atoms with van der Waals surface area (Å²) >= 11 is 6.66. The molecule has 15 heteroatoms. The molecule has 6 nitrogen and oxygen atoms in total. The monoisotopic (exact) mass is 700 g/mol. The van der Waals surface area contributed by atoms with E-state index in [1.807, 2.05) is 0 Å². The molecular formula is C30H33ClF6O6P2. The smallest absolute Gasteiger partial charge is 0.309 e. The normalized spacial score (nSPS) is 13.0. The molecule has 0 heterocycles. The zero-order valence-corrected chi connectivity index (χ0v) is 27.5. The van der Waals surface area contributed by atoms with Crippen LogP contribution in [0.5, 0.6) is 0 Å². The highest BCUT2D eigenvalue weighted by Gasteiger charge is 2.37. The summed E-state index contributed by atoms with van der Waals surface area (Å²) in [6.07, 6.45) is -10.4. The molecule has 0 atom stereocenters. The van der Waals surface area contributed by atoms with Crippen LogP contribution in [-0.2, 0) is 51.9 Å². The van der Waals surface area contributed by atoms with E-state index in [2.05, 4.69) is 0 Å². The van der Waals surface area contributed by atoms with Crippen LogP contribution < -0.4 is 0 Å². The molecule has 0 spiro atoms. The molecule has 3 rings (SSSR count). The Balaban J connectivity index is 2.13. The fourth-order valence-electron chi connectivity index (χ4n) is 4.60. The van der Waals surface area contributed by atoms with Gasteiger partial charge in [-0.05, 0) is 85.8 Å². The molecule has 45 heavy (non-hydrogen) atoms. The van der Waals surface area contributed by atoms with Crippen LogP contribution in [0.15, 0.2) is 54.6 Å². The number of halogens is 7. The van der Waals surface area contributed by atoms with Crippen LogP contribution in [0, 0.1) is 0 Å². The van der Waals surface area contributed by atoms with Crippen LogP contribution in [0.3, 0.4) is 0 Å². The Labute approximate surface area is 263 Å². The van der Waals surface area contributed by atoms with Crippen LogP contribution in [0.4, 0.5) is 26.3 Å². The van der Waals surface area contributed by atoms with Crippen LogP contribution in [0.25, 0.3) is 22.3 Å². The SMILES string of the molecule is CCOP(=O)(Cc1cc(Cl)c(-c2ccc(-c3cc(C(F)(F)F)cc(C(F)(F)F)c3)cc2)cc1CP(=O)(OCC)OCC)OCC. The Morgan fingerprint density at radius 3 is 1.33 bits per heavy atom. The molecule has 0 amide bonds. The minimum atomic E-state index is -4.99. The van der Waals surface area contributed by atoms with Gasteiger partial charge in [-0.15, -0.1) is 0 Å². The van der Waals surface area contributed by atoms with E-state index in [-0.39, 0.29) is 61.0 Å². The largest absolute Gasteiger partial charge is 0.416 e. The molecule has 3 aromatic rings. The fourth-order valence-corrected chi connectivity index (χ4v) is 8.41. The fraction of sp³-hybridized carbons (Fsp3) is 0.400. The number of alkyl halides is 6. The lowest BCUT2D eigenvalue weighted by atomic mass is 9.95. The molecule has 248 valence electrons. The molecular weight excluding hydrogens is 668 g/mol. The van der Waals surface area contributed by atoms with Gasteiger partial charge in [0, 0.05) is 10.6 Å². The van der Waals surface area contributed by atoms with Crippen molar-refractivity contribution >= 4 is 26.8 Å². The standard InChI is InChI=1S/C30H33ClF6O6P2/c1-5-40-44(38,41-6-2)18-23-15-27(28(31)16-24(23)19-45(39,42-7-3)43-8-4)21-11-9-20(10-12-21)22-13-25(29(32,33)34)17-26(14-22)30(35,36)37/h9-17H,5-8,18-19H2,1-4H3. The summed E-state index contributed by atoms with van der Waals surface area (Å²) in [4.78, 5) is 0. The van der Waals surface area contributed by atoms with Gasteiger partial charge in [-0.2, -0.15) is 26.3 Å². The lowest BCUT2D eigenvalue weighted by Crippen LogP contribution is -2.11. The number of hydrogen-bond acceptors (Lipinski definition) is 6. The summed E-state index contributed by atoms with van der Waals surface area (Å²) < 4.78 is 129. The average molecular weight is 701 g/mol. The molecule has 0 radical (unpaired) electrons. The number of benzene rings is 3. The summed E-state index contributed by atoms with van der Waals surface area (Å²) in [7, 11) is -7.31. The van der Waals surface area contributed by atoms with E-state index >= 15 is 0 Å². The van der Waals surface area contributed by atoms with Gasteiger partial charge in [-0.1, -0.05) is 35.9 Å². The average Bonchev–Trinajstić information content (AvgIpc) is 2.94. The number of hydrogen-bond donors (Lipinski definition) is 0. The summed E-state index contributed by atoms with van der Waals surface area (Å²) in [5.41, 5.74) is -1.33. The van der Waals surface area contributed by atoms with Crippen molar-refractivity contribution in [3.63, 3.8) is 0 Å². The third-order valence-corrected chi connectivity index (χ3v) is 10.8. The van der Waals surface area contributed by atoms with Gasteiger partial charge < -0.3 is 18.1 Å². The summed E-state index contributed by atoms with van der Waals surface area (Å²) in [5, 5.41) is 0.183. The molecule has 3 aromatic carbocycles. The van der Waals surface area contributed by atoms with Crippen molar-refractivity contribution in [2.75, 3.05) is 26.4 Å². The second kappa shape index (κ2) is 15.2. The van der Waals surface area contributed by atoms with Gasteiger partial charge in [0.15, 0.2) is 0 Å². The highest BCUT2D eigenvalue weighted by atomic mass is 35.5. The Hall–Kier alpha value is -2.17. The molecule has 0 saturated carbocycles. The minimum absolute atomic E-state index is 0.0694. The maximum Gasteiger partial charge on any atom is 0.416 e. The molecule has 0 bridgehead atoms. The maximum absolute atomic E-state index is 13.5. The zero-order chi connectivity index (χ0) is 33.6. The van der Waals surface area contributed by atoms with Crippen LogP contribution >= 0.6 is 26.8 Å². The van der Waals surface area contributed by atoms with Gasteiger partial charge in [-0.25, -0.2) is 0 Å². The van der Waals surface area contributed by atoms with Crippen molar-refractivity contribution < 1.29 is 53.6 Å². The van der Waals surface area contributed by atoms with Crippen molar-refractivity contribution in [2.45, 2.75) is 52.4 Å². The van der Waals surface area contributed by atoms with Gasteiger partial charge >= 0.3 is 27.5 Å². The predicted molar refractivity (Wildman–Crippen MR) is 161 cm³/mol. The topological polar surface area (TPSA) is 71.1 Å². The quantitative estimate of drug-likeness (QED) is 0.123. The van der Waals surface area contributed by atoms with E-state index in [4.69, 9.17) is 29.7 Å². The third kappa shape index (κ3) is 9.91. The van der Waals surface area contributed by atoms with E-state index < -0.39 is 38.7 Å². The van der Waals surface area contributed by atoms with Crippen molar-refractivity contribution in [3.05, 3.63) is 81.9 Å². The highest BCUT2D eigenvalue weighted by Crippen LogP contribution is 2.56. The van der Waals surface area contributed by atoms with Crippen LogP contribution in [0.1, 0.15) is 49.9 Å². The first-order valence-corrected chi connectivity index (χ1v) is 17.8. The van der Waals surface area contributed by atoms with Gasteiger partial charge in [-0.3, -0.25) is 9.13 Å². The van der Waals surface area contributed by atoms with Crippen molar-refractivity contribution in [3.8, 4) is 22.3 Å². The minimum Gasteiger partial charge on any atom is -0.309 e. The Morgan fingerprint density at radius 1 is 0.578 bits per heavy atom. The van der Waals surface area contributed by atoms with E-state index in [0.717, 1.165) is 0 Å². The molecule has 0 N–H and O–H groups in total.